The summed E-state index contributed by atoms with van der Waals surface area (Å²) in [5, 5.41) is 0. The van der Waals surface area contributed by atoms with E-state index in [0.717, 1.165) is 48.2 Å². The highest BCUT2D eigenvalue weighted by molar-refractivity contribution is 5.75. The van der Waals surface area contributed by atoms with Gasteiger partial charge in [0.2, 0.25) is 0 Å². The third kappa shape index (κ3) is 16.5. The second kappa shape index (κ2) is 23.9. The van der Waals surface area contributed by atoms with Crippen molar-refractivity contribution in [3.8, 4) is 0 Å². The maximum atomic E-state index is 5.27. The van der Waals surface area contributed by atoms with Crippen LogP contribution >= 0.6 is 0 Å². The lowest BCUT2D eigenvalue weighted by molar-refractivity contribution is 0.0447. The summed E-state index contributed by atoms with van der Waals surface area (Å²) in [6, 6.07) is 8.69. The molecule has 1 saturated heterocycles. The lowest BCUT2D eigenvalue weighted by atomic mass is 10.1. The van der Waals surface area contributed by atoms with Gasteiger partial charge < -0.3 is 14.5 Å². The molecule has 2 aromatic rings. The van der Waals surface area contributed by atoms with Gasteiger partial charge in [-0.1, -0.05) is 66.2 Å². The van der Waals surface area contributed by atoms with Crippen LogP contribution in [0.5, 0.6) is 0 Å². The SMILES string of the molecule is C/C=C/c1nc2ccccc2nc1C.CC.CC.CCCCN(C)C.CCN(C)C1CCOCC1. The third-order valence-corrected chi connectivity index (χ3v) is 5.38. The Hall–Kier alpha value is -1.82. The molecule has 0 unspecified atom stereocenters. The summed E-state index contributed by atoms with van der Waals surface area (Å²) < 4.78 is 5.27. The Kier molecular flexibility index (Phi) is 24.1. The van der Waals surface area contributed by atoms with Crippen molar-refractivity contribution in [2.75, 3.05) is 47.4 Å². The highest BCUT2D eigenvalue weighted by atomic mass is 16.5. The standard InChI is InChI=1S/C12H12N2.C8H17NO.C6H15N.2C2H6/c1-3-6-10-9(2)13-11-7-4-5-8-12(11)14-10;1-3-9(2)8-4-6-10-7-5-8;1-4-5-6-7(2)3;2*1-2/h3-8H,1-2H3;8H,3-7H2,1-2H3;4-6H2,1-3H3;2*1-2H3/b6-3+;;;;. The molecule has 0 spiro atoms. The number of fused-ring (bicyclic) bond motifs is 1. The molecule has 3 rings (SSSR count). The van der Waals surface area contributed by atoms with Crippen LogP contribution in [0.2, 0.25) is 0 Å². The molecule has 1 aromatic carbocycles. The minimum absolute atomic E-state index is 0.777. The maximum Gasteiger partial charge on any atom is 0.0894 e. The molecule has 1 aliphatic rings. The van der Waals surface area contributed by atoms with Crippen molar-refractivity contribution < 1.29 is 4.74 Å². The van der Waals surface area contributed by atoms with E-state index in [4.69, 9.17) is 4.74 Å². The minimum atomic E-state index is 0.777. The molecule has 202 valence electrons. The third-order valence-electron chi connectivity index (χ3n) is 5.38. The molecule has 1 aromatic heterocycles. The van der Waals surface area contributed by atoms with Crippen LogP contribution in [0.15, 0.2) is 30.3 Å². The molecule has 0 amide bonds. The number of unbranched alkanes of at least 4 members (excludes halogenated alkanes) is 1. The van der Waals surface area contributed by atoms with Gasteiger partial charge in [0.25, 0.3) is 0 Å². The van der Waals surface area contributed by atoms with Crippen molar-refractivity contribution in [3.63, 3.8) is 0 Å². The average molecular weight is 489 g/mol. The normalized spacial score (nSPS) is 13.2. The molecule has 0 N–H and O–H groups in total. The largest absolute Gasteiger partial charge is 0.381 e. The lowest BCUT2D eigenvalue weighted by Gasteiger charge is -2.29. The molecule has 1 fully saturated rings. The summed E-state index contributed by atoms with van der Waals surface area (Å²) in [5.74, 6) is 0. The maximum absolute atomic E-state index is 5.27. The van der Waals surface area contributed by atoms with E-state index in [1.165, 1.54) is 32.2 Å². The van der Waals surface area contributed by atoms with E-state index in [-0.39, 0.29) is 0 Å². The van der Waals surface area contributed by atoms with Crippen molar-refractivity contribution in [1.29, 1.82) is 0 Å². The first kappa shape index (κ1) is 35.3. The Morgan fingerprint density at radius 3 is 1.91 bits per heavy atom. The average Bonchev–Trinajstić information content (AvgIpc) is 2.91. The van der Waals surface area contributed by atoms with Gasteiger partial charge in [0.05, 0.1) is 22.4 Å². The number of hydrogen-bond acceptors (Lipinski definition) is 5. The van der Waals surface area contributed by atoms with Crippen molar-refractivity contribution in [3.05, 3.63) is 41.7 Å². The Balaban J connectivity index is 0. The number of para-hydroxylation sites is 2. The van der Waals surface area contributed by atoms with Crippen molar-refractivity contribution in [1.82, 2.24) is 19.8 Å². The summed E-state index contributed by atoms with van der Waals surface area (Å²) in [7, 11) is 6.40. The Bertz CT molecular complexity index is 755. The molecule has 35 heavy (non-hydrogen) atoms. The molecule has 5 nitrogen and oxygen atoms in total. The smallest absolute Gasteiger partial charge is 0.0894 e. The summed E-state index contributed by atoms with van der Waals surface area (Å²) in [4.78, 5) is 13.6. The number of nitrogens with zero attached hydrogens (tertiary/aromatic N) is 4. The van der Waals surface area contributed by atoms with Crippen LogP contribution in [-0.2, 0) is 4.74 Å². The topological polar surface area (TPSA) is 41.5 Å². The van der Waals surface area contributed by atoms with Crippen LogP contribution in [0.3, 0.4) is 0 Å². The number of aryl methyl sites for hydroxylation is 1. The molecule has 0 radical (unpaired) electrons. The van der Waals surface area contributed by atoms with Crippen LogP contribution in [0.4, 0.5) is 0 Å². The number of hydrogen-bond donors (Lipinski definition) is 0. The summed E-state index contributed by atoms with van der Waals surface area (Å²) in [6.07, 6.45) is 9.01. The molecular weight excluding hydrogens is 432 g/mol. The van der Waals surface area contributed by atoms with Crippen LogP contribution in [-0.4, -0.2) is 73.3 Å². The zero-order valence-electron chi connectivity index (χ0n) is 24.9. The highest BCUT2D eigenvalue weighted by Crippen LogP contribution is 2.13. The summed E-state index contributed by atoms with van der Waals surface area (Å²) in [6.45, 7) is 20.7. The number of aromatic nitrogens is 2. The minimum Gasteiger partial charge on any atom is -0.381 e. The fourth-order valence-electron chi connectivity index (χ4n) is 3.28. The molecule has 0 atom stereocenters. The van der Waals surface area contributed by atoms with Crippen molar-refractivity contribution >= 4 is 17.1 Å². The predicted molar refractivity (Wildman–Crippen MR) is 157 cm³/mol. The number of rotatable bonds is 6. The summed E-state index contributed by atoms with van der Waals surface area (Å²) in [5.41, 5.74) is 3.83. The van der Waals surface area contributed by atoms with Crippen LogP contribution in [0, 0.1) is 6.92 Å². The van der Waals surface area contributed by atoms with Gasteiger partial charge in [-0.2, -0.15) is 0 Å². The van der Waals surface area contributed by atoms with Gasteiger partial charge in [-0.3, -0.25) is 0 Å². The second-order valence-corrected chi connectivity index (χ2v) is 8.26. The van der Waals surface area contributed by atoms with Gasteiger partial charge in [-0.05, 0) is 85.6 Å². The zero-order valence-corrected chi connectivity index (χ0v) is 24.9. The number of benzene rings is 1. The number of allylic oxidation sites excluding steroid dienone is 1. The Morgan fingerprint density at radius 1 is 0.943 bits per heavy atom. The first-order valence-electron chi connectivity index (χ1n) is 13.7. The van der Waals surface area contributed by atoms with Crippen LogP contribution in [0.25, 0.3) is 17.1 Å². The van der Waals surface area contributed by atoms with Gasteiger partial charge in [0.15, 0.2) is 0 Å². The monoisotopic (exact) mass is 488 g/mol. The predicted octanol–water partition coefficient (Wildman–Crippen LogP) is 7.49. The molecule has 0 bridgehead atoms. The van der Waals surface area contributed by atoms with Crippen molar-refractivity contribution in [2.24, 2.45) is 0 Å². The molecule has 0 aliphatic carbocycles. The molecular formula is C30H56N4O. The van der Waals surface area contributed by atoms with E-state index in [9.17, 15) is 0 Å². The fourth-order valence-corrected chi connectivity index (χ4v) is 3.28. The van der Waals surface area contributed by atoms with E-state index < -0.39 is 0 Å². The fraction of sp³-hybridized carbons (Fsp3) is 0.667. The first-order valence-corrected chi connectivity index (χ1v) is 13.7. The highest BCUT2D eigenvalue weighted by Gasteiger charge is 2.16. The zero-order chi connectivity index (χ0) is 27.1. The number of ether oxygens (including phenoxy) is 1. The van der Waals surface area contributed by atoms with Gasteiger partial charge in [-0.15, -0.1) is 0 Å². The molecule has 5 heteroatoms. The summed E-state index contributed by atoms with van der Waals surface area (Å²) >= 11 is 0. The molecule has 0 saturated carbocycles. The van der Waals surface area contributed by atoms with E-state index in [1.807, 2.05) is 78.0 Å². The van der Waals surface area contributed by atoms with Gasteiger partial charge >= 0.3 is 0 Å². The molecule has 2 heterocycles. The van der Waals surface area contributed by atoms with Gasteiger partial charge in [0.1, 0.15) is 0 Å². The lowest BCUT2D eigenvalue weighted by Crippen LogP contribution is -2.36. The molecule has 1 aliphatic heterocycles. The van der Waals surface area contributed by atoms with E-state index >= 15 is 0 Å². The second-order valence-electron chi connectivity index (χ2n) is 8.26. The van der Waals surface area contributed by atoms with Crippen molar-refractivity contribution in [2.45, 2.75) is 87.1 Å². The van der Waals surface area contributed by atoms with Gasteiger partial charge in [0, 0.05) is 19.3 Å². The first-order chi connectivity index (χ1) is 16.9. The van der Waals surface area contributed by atoms with Gasteiger partial charge in [-0.25, -0.2) is 9.97 Å². The quantitative estimate of drug-likeness (QED) is 0.421. The Labute approximate surface area is 218 Å². The van der Waals surface area contributed by atoms with E-state index in [0.29, 0.717) is 0 Å². The van der Waals surface area contributed by atoms with Crippen LogP contribution < -0.4 is 0 Å². The van der Waals surface area contributed by atoms with E-state index in [2.05, 4.69) is 54.8 Å². The van der Waals surface area contributed by atoms with Crippen LogP contribution in [0.1, 0.15) is 85.5 Å². The van der Waals surface area contributed by atoms with E-state index in [1.54, 1.807) is 0 Å². The Morgan fingerprint density at radius 2 is 1.49 bits per heavy atom.